The van der Waals surface area contributed by atoms with Gasteiger partial charge in [0.15, 0.2) is 0 Å². The summed E-state index contributed by atoms with van der Waals surface area (Å²) in [5, 5.41) is 13.1. The molecule has 0 aliphatic rings. The van der Waals surface area contributed by atoms with Gasteiger partial charge in [-0.05, 0) is 32.9 Å². The Morgan fingerprint density at radius 2 is 1.96 bits per heavy atom. The molecule has 0 heterocycles. The highest BCUT2D eigenvalue weighted by Crippen LogP contribution is 2.36. The number of alkyl halides is 3. The smallest absolute Gasteiger partial charge is 0.422 e. The number of ether oxygens (including phenoxy) is 1. The Kier molecular flexibility index (Phi) is 5.79. The van der Waals surface area contributed by atoms with Crippen molar-refractivity contribution < 1.29 is 27.6 Å². The first-order valence-corrected chi connectivity index (χ1v) is 6.71. The molecule has 1 amide bonds. The van der Waals surface area contributed by atoms with E-state index in [1.807, 2.05) is 0 Å². The molecule has 130 valence electrons. The Bertz CT molecular complexity index is 697. The van der Waals surface area contributed by atoms with E-state index in [0.29, 0.717) is 6.07 Å². The summed E-state index contributed by atoms with van der Waals surface area (Å²) in [7, 11) is 0. The number of halogens is 3. The van der Waals surface area contributed by atoms with Gasteiger partial charge in [-0.2, -0.15) is 13.2 Å². The maximum atomic E-state index is 12.7. The number of benzene rings is 1. The molecule has 0 saturated carbocycles. The summed E-state index contributed by atoms with van der Waals surface area (Å²) in [4.78, 5) is 21.0. The number of amides is 1. The number of alkyl carbamates (subject to hydrolysis) is 1. The van der Waals surface area contributed by atoms with Crippen LogP contribution in [-0.4, -0.2) is 23.2 Å². The Balaban J connectivity index is 2.82. The molecule has 0 saturated heterocycles. The van der Waals surface area contributed by atoms with Crippen LogP contribution in [0.15, 0.2) is 18.2 Å². The topological polar surface area (TPSA) is 81.5 Å². The van der Waals surface area contributed by atoms with Crippen molar-refractivity contribution in [2.45, 2.75) is 32.5 Å². The van der Waals surface area contributed by atoms with Crippen LogP contribution in [0.4, 0.5) is 23.7 Å². The quantitative estimate of drug-likeness (QED) is 0.506. The number of rotatable bonds is 2. The Morgan fingerprint density at radius 1 is 1.33 bits per heavy atom. The molecule has 1 N–H and O–H groups in total. The Hall–Kier alpha value is -2.76. The maximum absolute atomic E-state index is 12.7. The normalized spacial score (nSPS) is 11.2. The minimum Gasteiger partial charge on any atom is -0.444 e. The number of nitro benzene ring substituents is 1. The molecule has 0 fully saturated rings. The molecule has 1 rings (SSSR count). The zero-order chi connectivity index (χ0) is 18.5. The summed E-state index contributed by atoms with van der Waals surface area (Å²) in [6, 6.07) is 2.36. The number of hydrogen-bond acceptors (Lipinski definition) is 4. The number of nitro groups is 1. The molecule has 24 heavy (non-hydrogen) atoms. The summed E-state index contributed by atoms with van der Waals surface area (Å²) in [5.41, 5.74) is -3.06. The summed E-state index contributed by atoms with van der Waals surface area (Å²) in [6.07, 6.45) is -5.53. The molecule has 0 radical (unpaired) electrons. The largest absolute Gasteiger partial charge is 0.444 e. The standard InChI is InChI=1S/C15H15F3N2O4/c1-14(2,3)24-13(21)19-8-4-5-10-6-7-11(15(16,17)18)12(9-10)20(22)23/h6-7,9H,8H2,1-3H3,(H,19,21). The predicted octanol–water partition coefficient (Wildman–Crippen LogP) is 3.49. The van der Waals surface area contributed by atoms with E-state index in [9.17, 15) is 28.1 Å². The number of carbonyl (C=O) groups is 1. The van der Waals surface area contributed by atoms with Gasteiger partial charge in [-0.3, -0.25) is 10.1 Å². The fourth-order valence-electron chi connectivity index (χ4n) is 1.58. The van der Waals surface area contributed by atoms with Gasteiger partial charge in [0.05, 0.1) is 11.5 Å². The fraction of sp³-hybridized carbons (Fsp3) is 0.400. The first kappa shape index (κ1) is 19.3. The van der Waals surface area contributed by atoms with E-state index in [4.69, 9.17) is 4.74 Å². The monoisotopic (exact) mass is 344 g/mol. The third kappa shape index (κ3) is 6.16. The van der Waals surface area contributed by atoms with Gasteiger partial charge in [-0.1, -0.05) is 11.8 Å². The van der Waals surface area contributed by atoms with E-state index in [2.05, 4.69) is 17.2 Å². The molecule has 0 aliphatic heterocycles. The molecule has 1 aromatic carbocycles. The van der Waals surface area contributed by atoms with Gasteiger partial charge < -0.3 is 10.1 Å². The second-order valence-electron chi connectivity index (χ2n) is 5.64. The Labute approximate surface area is 136 Å². The van der Waals surface area contributed by atoms with Crippen LogP contribution >= 0.6 is 0 Å². The second kappa shape index (κ2) is 7.21. The average molecular weight is 344 g/mol. The number of nitrogens with zero attached hydrogens (tertiary/aromatic N) is 1. The van der Waals surface area contributed by atoms with Crippen LogP contribution < -0.4 is 5.32 Å². The summed E-state index contributed by atoms with van der Waals surface area (Å²) in [5.74, 6) is 4.92. The van der Waals surface area contributed by atoms with Crippen molar-refractivity contribution in [2.24, 2.45) is 0 Å². The highest BCUT2D eigenvalue weighted by atomic mass is 19.4. The van der Waals surface area contributed by atoms with Gasteiger partial charge in [0.1, 0.15) is 11.2 Å². The van der Waals surface area contributed by atoms with E-state index in [1.54, 1.807) is 20.8 Å². The fourth-order valence-corrected chi connectivity index (χ4v) is 1.58. The van der Waals surface area contributed by atoms with Gasteiger partial charge in [-0.15, -0.1) is 0 Å². The van der Waals surface area contributed by atoms with Gasteiger partial charge in [0.2, 0.25) is 0 Å². The lowest BCUT2D eigenvalue weighted by molar-refractivity contribution is -0.388. The molecule has 0 unspecified atom stereocenters. The van der Waals surface area contributed by atoms with Gasteiger partial charge in [0, 0.05) is 11.6 Å². The van der Waals surface area contributed by atoms with Crippen LogP contribution in [0.5, 0.6) is 0 Å². The van der Waals surface area contributed by atoms with Crippen molar-refractivity contribution in [1.82, 2.24) is 5.32 Å². The van der Waals surface area contributed by atoms with Crippen molar-refractivity contribution >= 4 is 11.8 Å². The van der Waals surface area contributed by atoms with E-state index in [1.165, 1.54) is 0 Å². The first-order chi connectivity index (χ1) is 10.9. The van der Waals surface area contributed by atoms with Gasteiger partial charge in [0.25, 0.3) is 5.69 Å². The molecule has 0 atom stereocenters. The SMILES string of the molecule is CC(C)(C)OC(=O)NCC#Cc1ccc(C(F)(F)F)c([N+](=O)[O-])c1. The highest BCUT2D eigenvalue weighted by Gasteiger charge is 2.38. The van der Waals surface area contributed by atoms with E-state index in [-0.39, 0.29) is 12.1 Å². The molecule has 1 aromatic rings. The van der Waals surface area contributed by atoms with E-state index < -0.39 is 34.0 Å². The van der Waals surface area contributed by atoms with Crippen LogP contribution in [0.3, 0.4) is 0 Å². The lowest BCUT2D eigenvalue weighted by atomic mass is 10.1. The molecule has 9 heteroatoms. The van der Waals surface area contributed by atoms with Crippen molar-refractivity contribution in [3.63, 3.8) is 0 Å². The van der Waals surface area contributed by atoms with Crippen molar-refractivity contribution in [3.05, 3.63) is 39.4 Å². The third-order valence-corrected chi connectivity index (χ3v) is 2.45. The van der Waals surface area contributed by atoms with E-state index >= 15 is 0 Å². The molecular formula is C15H15F3N2O4. The summed E-state index contributed by atoms with van der Waals surface area (Å²) >= 11 is 0. The van der Waals surface area contributed by atoms with E-state index in [0.717, 1.165) is 12.1 Å². The lowest BCUT2D eigenvalue weighted by Crippen LogP contribution is -2.32. The molecule has 0 aromatic heterocycles. The van der Waals surface area contributed by atoms with Crippen LogP contribution in [0.25, 0.3) is 0 Å². The van der Waals surface area contributed by atoms with Crippen molar-refractivity contribution in [3.8, 4) is 11.8 Å². The average Bonchev–Trinajstić information content (AvgIpc) is 2.40. The number of nitrogens with one attached hydrogen (secondary N) is 1. The van der Waals surface area contributed by atoms with Crippen LogP contribution in [-0.2, 0) is 10.9 Å². The number of hydrogen-bond donors (Lipinski definition) is 1. The zero-order valence-corrected chi connectivity index (χ0v) is 13.2. The molecule has 0 aliphatic carbocycles. The van der Waals surface area contributed by atoms with Crippen LogP contribution in [0.2, 0.25) is 0 Å². The molecule has 6 nitrogen and oxygen atoms in total. The maximum Gasteiger partial charge on any atom is 0.422 e. The van der Waals surface area contributed by atoms with Gasteiger partial charge >= 0.3 is 12.3 Å². The van der Waals surface area contributed by atoms with Crippen molar-refractivity contribution in [2.75, 3.05) is 6.54 Å². The minimum atomic E-state index is -4.83. The van der Waals surface area contributed by atoms with Crippen LogP contribution in [0.1, 0.15) is 31.9 Å². The first-order valence-electron chi connectivity index (χ1n) is 6.71. The van der Waals surface area contributed by atoms with Crippen molar-refractivity contribution in [1.29, 1.82) is 0 Å². The third-order valence-electron chi connectivity index (χ3n) is 2.45. The minimum absolute atomic E-state index is 0.0284. The molecular weight excluding hydrogens is 329 g/mol. The number of carbonyl (C=O) groups excluding carboxylic acids is 1. The molecule has 0 bridgehead atoms. The lowest BCUT2D eigenvalue weighted by Gasteiger charge is -2.19. The van der Waals surface area contributed by atoms with Gasteiger partial charge in [-0.25, -0.2) is 4.79 Å². The van der Waals surface area contributed by atoms with Crippen LogP contribution in [0, 0.1) is 22.0 Å². The summed E-state index contributed by atoms with van der Waals surface area (Å²) < 4.78 is 43.0. The predicted molar refractivity (Wildman–Crippen MR) is 79.2 cm³/mol. The molecule has 0 spiro atoms. The Morgan fingerprint density at radius 3 is 2.46 bits per heavy atom. The highest BCUT2D eigenvalue weighted by molar-refractivity contribution is 5.68. The summed E-state index contributed by atoms with van der Waals surface area (Å²) in [6.45, 7) is 4.92. The zero-order valence-electron chi connectivity index (χ0n) is 13.2. The second-order valence-corrected chi connectivity index (χ2v) is 5.64.